The number of aromatic hydroxyl groups is 1. The van der Waals surface area contributed by atoms with Gasteiger partial charge in [0, 0.05) is 48.9 Å². The molecule has 3 saturated heterocycles. The Bertz CT molecular complexity index is 2000. The molecule has 0 saturated carbocycles. The minimum atomic E-state index is -1.13. The summed E-state index contributed by atoms with van der Waals surface area (Å²) in [6.07, 6.45) is 0.939. The number of alkyl halides is 1. The molecule has 4 heterocycles. The quantitative estimate of drug-likeness (QED) is 0.152. The van der Waals surface area contributed by atoms with Crippen LogP contribution in [-0.2, 0) is 4.79 Å². The van der Waals surface area contributed by atoms with Crippen molar-refractivity contribution in [2.24, 2.45) is 0 Å². The van der Waals surface area contributed by atoms with E-state index < -0.39 is 41.1 Å². The largest absolute Gasteiger partial charge is 0.508 e. The van der Waals surface area contributed by atoms with Crippen LogP contribution >= 0.6 is 0 Å². The number of carbonyl (C=O) groups excluding carboxylic acids is 1. The fraction of sp³-hybridized carbons (Fsp3) is 0.371. The second-order valence-corrected chi connectivity index (χ2v) is 12.7. The second-order valence-electron chi connectivity index (χ2n) is 12.7. The van der Waals surface area contributed by atoms with E-state index in [0.29, 0.717) is 18.4 Å². The van der Waals surface area contributed by atoms with Crippen LogP contribution in [0.4, 0.5) is 23.4 Å². The zero-order chi connectivity index (χ0) is 33.7. The van der Waals surface area contributed by atoms with E-state index in [1.807, 2.05) is 0 Å². The second kappa shape index (κ2) is 12.2. The van der Waals surface area contributed by atoms with E-state index in [4.69, 9.17) is 11.3 Å². The van der Waals surface area contributed by atoms with Crippen LogP contribution in [0.15, 0.2) is 54.9 Å². The number of aromatic nitrogens is 2. The number of carbonyl (C=O) groups is 1. The van der Waals surface area contributed by atoms with Crippen LogP contribution in [0.25, 0.3) is 37.6 Å². The molecule has 248 valence electrons. The summed E-state index contributed by atoms with van der Waals surface area (Å²) in [5.74, 6) is -3.33. The maximum Gasteiger partial charge on any atom is 0.319 e. The highest BCUT2D eigenvalue weighted by molar-refractivity contribution is 6.01. The van der Waals surface area contributed by atoms with E-state index in [0.717, 1.165) is 19.4 Å². The summed E-state index contributed by atoms with van der Waals surface area (Å²) in [4.78, 5) is 30.2. The lowest BCUT2D eigenvalue weighted by Crippen LogP contribution is -2.56. The molecule has 3 aliphatic rings. The Balaban J connectivity index is 1.34. The molecule has 1 amide bonds. The fourth-order valence-electron chi connectivity index (χ4n) is 7.60. The Morgan fingerprint density at radius 2 is 1.96 bits per heavy atom. The Morgan fingerprint density at radius 1 is 1.12 bits per heavy atom. The van der Waals surface area contributed by atoms with Gasteiger partial charge in [0.2, 0.25) is 6.54 Å². The number of hydrogen-bond acceptors (Lipinski definition) is 7. The summed E-state index contributed by atoms with van der Waals surface area (Å²) >= 11 is 0. The highest BCUT2D eigenvalue weighted by Gasteiger charge is 2.49. The van der Waals surface area contributed by atoms with E-state index in [1.165, 1.54) is 35.2 Å². The van der Waals surface area contributed by atoms with Crippen LogP contribution in [0.3, 0.4) is 0 Å². The number of hydrogen-bond donors (Lipinski definition) is 1. The molecule has 4 aromatic rings. The van der Waals surface area contributed by atoms with Crippen LogP contribution < -0.4 is 9.64 Å². The maximum atomic E-state index is 16.8. The third kappa shape index (κ3) is 5.43. The summed E-state index contributed by atoms with van der Waals surface area (Å²) in [6, 6.07) is 9.26. The van der Waals surface area contributed by atoms with Crippen LogP contribution in [-0.4, -0.2) is 94.4 Å². The Hall–Kier alpha value is -4.96. The molecule has 0 radical (unpaired) electrons. The average Bonchev–Trinajstić information content (AvgIpc) is 3.59. The molecule has 13 heteroatoms. The predicted molar refractivity (Wildman–Crippen MR) is 172 cm³/mol. The third-order valence-corrected chi connectivity index (χ3v) is 9.78. The number of phenolic OH excluding ortho intramolecular Hbond substituents is 1. The topological polar surface area (TPSA) is 86.4 Å². The molecule has 0 bridgehead atoms. The molecule has 3 aliphatic heterocycles. The summed E-state index contributed by atoms with van der Waals surface area (Å²) in [7, 11) is 0. The molecule has 3 aromatic carbocycles. The lowest BCUT2D eigenvalue weighted by Gasteiger charge is -2.39. The van der Waals surface area contributed by atoms with E-state index in [9.17, 15) is 18.7 Å². The summed E-state index contributed by atoms with van der Waals surface area (Å²) in [5.41, 5.74) is -0.546. The minimum Gasteiger partial charge on any atom is -0.508 e. The Morgan fingerprint density at radius 3 is 2.75 bits per heavy atom. The zero-order valence-corrected chi connectivity index (χ0v) is 25.9. The molecule has 0 aliphatic carbocycles. The number of rotatable bonds is 7. The molecule has 1 aromatic heterocycles. The third-order valence-electron chi connectivity index (χ3n) is 9.78. The van der Waals surface area contributed by atoms with Gasteiger partial charge in [-0.1, -0.05) is 24.8 Å². The summed E-state index contributed by atoms with van der Waals surface area (Å²) < 4.78 is 66.4. The van der Waals surface area contributed by atoms with Crippen molar-refractivity contribution in [2.45, 2.75) is 37.0 Å². The normalized spacial score (nSPS) is 22.6. The van der Waals surface area contributed by atoms with Crippen molar-refractivity contribution in [3.63, 3.8) is 0 Å². The van der Waals surface area contributed by atoms with Crippen LogP contribution in [0, 0.1) is 18.2 Å². The highest BCUT2D eigenvalue weighted by atomic mass is 19.1. The first-order valence-electron chi connectivity index (χ1n) is 15.8. The first-order valence-corrected chi connectivity index (χ1v) is 15.8. The molecular formula is C35H32F4N6O3. The van der Waals surface area contributed by atoms with Crippen molar-refractivity contribution in [3.05, 3.63) is 77.9 Å². The lowest BCUT2D eigenvalue weighted by atomic mass is 9.95. The van der Waals surface area contributed by atoms with Gasteiger partial charge in [0.25, 0.3) is 5.91 Å². The SMILES string of the molecule is [C-]#[N+]C[C@H]1CN(c2nc(OC[C@@]34CCCN3C[C@H](F)C4)nc3c(F)c(-c4cc(O)cc5cccc(F)c45)ccc23)CCN1C(=O)C(=C)F. The van der Waals surface area contributed by atoms with Gasteiger partial charge < -0.3 is 24.5 Å². The number of nitrogens with zero attached hydrogens (tertiary/aromatic N) is 6. The number of halogens is 4. The van der Waals surface area contributed by atoms with Crippen LogP contribution in [0.1, 0.15) is 19.3 Å². The van der Waals surface area contributed by atoms with Gasteiger partial charge in [0.05, 0.1) is 5.54 Å². The fourth-order valence-corrected chi connectivity index (χ4v) is 7.60. The smallest absolute Gasteiger partial charge is 0.319 e. The van der Waals surface area contributed by atoms with E-state index in [1.54, 1.807) is 17.0 Å². The number of fused-ring (bicyclic) bond motifs is 3. The number of phenols is 1. The van der Waals surface area contributed by atoms with Crippen LogP contribution in [0.5, 0.6) is 11.8 Å². The van der Waals surface area contributed by atoms with Crippen molar-refractivity contribution < 1.29 is 32.2 Å². The molecule has 9 nitrogen and oxygen atoms in total. The zero-order valence-electron chi connectivity index (χ0n) is 25.9. The Kier molecular flexibility index (Phi) is 8.07. The van der Waals surface area contributed by atoms with Gasteiger partial charge >= 0.3 is 6.01 Å². The van der Waals surface area contributed by atoms with Crippen molar-refractivity contribution >= 4 is 33.4 Å². The van der Waals surface area contributed by atoms with Gasteiger partial charge in [-0.05, 0) is 54.6 Å². The summed E-state index contributed by atoms with van der Waals surface area (Å²) in [5, 5.41) is 11.2. The van der Waals surface area contributed by atoms with Gasteiger partial charge in [-0.25, -0.2) is 24.1 Å². The molecule has 0 spiro atoms. The van der Waals surface area contributed by atoms with Gasteiger partial charge in [0.15, 0.2) is 11.6 Å². The van der Waals surface area contributed by atoms with Gasteiger partial charge in [-0.3, -0.25) is 9.69 Å². The van der Waals surface area contributed by atoms with E-state index in [-0.39, 0.29) is 77.8 Å². The highest BCUT2D eigenvalue weighted by Crippen LogP contribution is 2.42. The van der Waals surface area contributed by atoms with Gasteiger partial charge in [0.1, 0.15) is 41.7 Å². The van der Waals surface area contributed by atoms with E-state index in [2.05, 4.69) is 26.3 Å². The molecule has 0 unspecified atom stereocenters. The molecular weight excluding hydrogens is 628 g/mol. The average molecular weight is 661 g/mol. The van der Waals surface area contributed by atoms with Crippen molar-refractivity contribution in [3.8, 4) is 22.9 Å². The molecule has 7 rings (SSSR count). The van der Waals surface area contributed by atoms with Gasteiger partial charge in [-0.15, -0.1) is 0 Å². The number of amides is 1. The van der Waals surface area contributed by atoms with Crippen LogP contribution in [0.2, 0.25) is 0 Å². The maximum absolute atomic E-state index is 16.8. The number of piperazine rings is 1. The monoisotopic (exact) mass is 660 g/mol. The Labute approximate surface area is 273 Å². The summed E-state index contributed by atoms with van der Waals surface area (Å²) in [6.45, 7) is 11.9. The van der Waals surface area contributed by atoms with Crippen molar-refractivity contribution in [2.75, 3.05) is 50.8 Å². The first kappa shape index (κ1) is 31.6. The first-order chi connectivity index (χ1) is 23.1. The lowest BCUT2D eigenvalue weighted by molar-refractivity contribution is -0.131. The van der Waals surface area contributed by atoms with Crippen molar-refractivity contribution in [1.29, 1.82) is 0 Å². The number of ether oxygens (including phenoxy) is 1. The standard InChI is InChI=1S/C35H32F4N6O3/c1-20(36)33(47)45-12-11-43(18-23(45)16-40-2)32-26-8-7-25(27-14-24(46)13-21-5-3-6-28(38)29(21)27)30(39)31(26)41-34(42-32)48-19-35-9-4-10-44(35)17-22(37)15-35/h3,5-8,13-14,22-23,46H,1,4,9-12,15-19H2/t22-,23+,35+/m1/s1. The molecule has 3 atom stereocenters. The minimum absolute atomic E-state index is 0.0107. The van der Waals surface area contributed by atoms with Crippen molar-refractivity contribution in [1.82, 2.24) is 19.8 Å². The predicted octanol–water partition coefficient (Wildman–Crippen LogP) is 5.81. The number of benzene rings is 3. The van der Waals surface area contributed by atoms with E-state index >= 15 is 8.78 Å². The molecule has 1 N–H and O–H groups in total. The van der Waals surface area contributed by atoms with Gasteiger partial charge in [-0.2, -0.15) is 9.97 Å². The molecule has 3 fully saturated rings. The molecule has 48 heavy (non-hydrogen) atoms. The number of anilines is 1.